The highest BCUT2D eigenvalue weighted by atomic mass is 32.2. The van der Waals surface area contributed by atoms with Crippen LogP contribution in [0.4, 0.5) is 0 Å². The Hall–Kier alpha value is -0.640. The summed E-state index contributed by atoms with van der Waals surface area (Å²) in [7, 11) is -3.38. The number of ether oxygens (including phenoxy) is 1. The van der Waals surface area contributed by atoms with Gasteiger partial charge in [0.05, 0.1) is 19.3 Å². The molecule has 3 atom stereocenters. The van der Waals surface area contributed by atoms with Crippen molar-refractivity contribution in [1.29, 1.82) is 5.26 Å². The SMILES string of the molecule is N#CCS(=O)(=O)NC1[C@H]2COC[C@@H]12. The van der Waals surface area contributed by atoms with Crippen LogP contribution in [0.1, 0.15) is 0 Å². The molecular weight excluding hydrogens is 192 g/mol. The van der Waals surface area contributed by atoms with Crippen LogP contribution in [0, 0.1) is 23.2 Å². The van der Waals surface area contributed by atoms with E-state index < -0.39 is 15.8 Å². The van der Waals surface area contributed by atoms with Crippen LogP contribution in [-0.2, 0) is 14.8 Å². The zero-order chi connectivity index (χ0) is 9.47. The van der Waals surface area contributed by atoms with Gasteiger partial charge in [0.25, 0.3) is 0 Å². The molecule has 1 aliphatic carbocycles. The van der Waals surface area contributed by atoms with E-state index in [4.69, 9.17) is 10.00 Å². The van der Waals surface area contributed by atoms with Gasteiger partial charge < -0.3 is 4.74 Å². The summed E-state index contributed by atoms with van der Waals surface area (Å²) in [5.41, 5.74) is 0. The maximum Gasteiger partial charge on any atom is 0.225 e. The highest BCUT2D eigenvalue weighted by molar-refractivity contribution is 7.89. The number of nitrogens with one attached hydrogen (secondary N) is 1. The highest BCUT2D eigenvalue weighted by Gasteiger charge is 2.55. The summed E-state index contributed by atoms with van der Waals surface area (Å²) in [5, 5.41) is 8.24. The van der Waals surface area contributed by atoms with Crippen LogP contribution in [0.5, 0.6) is 0 Å². The lowest BCUT2D eigenvalue weighted by atomic mass is 10.4. The van der Waals surface area contributed by atoms with Crippen molar-refractivity contribution in [2.45, 2.75) is 6.04 Å². The fourth-order valence-electron chi connectivity index (χ4n) is 1.75. The largest absolute Gasteiger partial charge is 0.381 e. The summed E-state index contributed by atoms with van der Waals surface area (Å²) in [5.74, 6) is 0.228. The zero-order valence-corrected chi connectivity index (χ0v) is 7.75. The normalized spacial score (nSPS) is 36.7. The second kappa shape index (κ2) is 2.94. The predicted octanol–water partition coefficient (Wildman–Crippen LogP) is -0.926. The zero-order valence-electron chi connectivity index (χ0n) is 6.93. The predicted molar refractivity (Wildman–Crippen MR) is 44.1 cm³/mol. The van der Waals surface area contributed by atoms with E-state index in [1.54, 1.807) is 6.07 Å². The molecule has 2 aliphatic rings. The van der Waals surface area contributed by atoms with E-state index in [9.17, 15) is 8.42 Å². The summed E-state index contributed by atoms with van der Waals surface area (Å²) in [4.78, 5) is 0. The van der Waals surface area contributed by atoms with Crippen molar-refractivity contribution in [3.63, 3.8) is 0 Å². The summed E-state index contributed by atoms with van der Waals surface area (Å²) < 4.78 is 29.9. The van der Waals surface area contributed by atoms with Gasteiger partial charge in [0.15, 0.2) is 5.75 Å². The molecule has 72 valence electrons. The van der Waals surface area contributed by atoms with Gasteiger partial charge in [-0.3, -0.25) is 0 Å². The molecule has 1 heterocycles. The van der Waals surface area contributed by atoms with Crippen molar-refractivity contribution in [3.8, 4) is 6.07 Å². The van der Waals surface area contributed by atoms with E-state index in [1.807, 2.05) is 0 Å². The van der Waals surface area contributed by atoms with Crippen LogP contribution in [0.3, 0.4) is 0 Å². The molecule has 0 aromatic rings. The lowest BCUT2D eigenvalue weighted by Crippen LogP contribution is -2.31. The number of hydrogen-bond donors (Lipinski definition) is 1. The quantitative estimate of drug-likeness (QED) is 0.641. The van der Waals surface area contributed by atoms with Crippen LogP contribution in [0.15, 0.2) is 0 Å². The van der Waals surface area contributed by atoms with Gasteiger partial charge in [-0.05, 0) is 0 Å². The molecule has 1 aliphatic heterocycles. The molecule has 0 spiro atoms. The lowest BCUT2D eigenvalue weighted by molar-refractivity contribution is 0.159. The number of rotatable bonds is 3. The molecule has 1 saturated heterocycles. The van der Waals surface area contributed by atoms with Crippen molar-refractivity contribution in [2.75, 3.05) is 19.0 Å². The van der Waals surface area contributed by atoms with Crippen LogP contribution in [0.2, 0.25) is 0 Å². The van der Waals surface area contributed by atoms with Crippen molar-refractivity contribution in [3.05, 3.63) is 0 Å². The first kappa shape index (κ1) is 8.94. The Kier molecular flexibility index (Phi) is 2.02. The van der Waals surface area contributed by atoms with Crippen molar-refractivity contribution in [2.24, 2.45) is 11.8 Å². The fourth-order valence-corrected chi connectivity index (χ4v) is 2.77. The van der Waals surface area contributed by atoms with Crippen LogP contribution >= 0.6 is 0 Å². The van der Waals surface area contributed by atoms with Crippen LogP contribution in [-0.4, -0.2) is 33.4 Å². The smallest absolute Gasteiger partial charge is 0.225 e. The molecule has 6 heteroatoms. The second-order valence-electron chi connectivity index (χ2n) is 3.43. The second-order valence-corrected chi connectivity index (χ2v) is 5.18. The topological polar surface area (TPSA) is 79.2 Å². The summed E-state index contributed by atoms with van der Waals surface area (Å²) in [6, 6.07) is 1.65. The number of fused-ring (bicyclic) bond motifs is 1. The Balaban J connectivity index is 1.91. The van der Waals surface area contributed by atoms with E-state index in [2.05, 4.69) is 4.72 Å². The summed E-state index contributed by atoms with van der Waals surface area (Å²) >= 11 is 0. The van der Waals surface area contributed by atoms with Gasteiger partial charge >= 0.3 is 0 Å². The van der Waals surface area contributed by atoms with Gasteiger partial charge in [-0.25, -0.2) is 13.1 Å². The lowest BCUT2D eigenvalue weighted by Gasteiger charge is -2.05. The Morgan fingerprint density at radius 2 is 2.08 bits per heavy atom. The van der Waals surface area contributed by atoms with E-state index >= 15 is 0 Å². The molecule has 0 aromatic carbocycles. The summed E-state index contributed by atoms with van der Waals surface area (Å²) in [6.45, 7) is 1.29. The molecule has 0 aromatic heterocycles. The van der Waals surface area contributed by atoms with Crippen molar-refractivity contribution in [1.82, 2.24) is 4.72 Å². The van der Waals surface area contributed by atoms with Gasteiger partial charge in [0.2, 0.25) is 10.0 Å². The van der Waals surface area contributed by atoms with Gasteiger partial charge in [-0.15, -0.1) is 0 Å². The van der Waals surface area contributed by atoms with Crippen LogP contribution in [0.25, 0.3) is 0 Å². The monoisotopic (exact) mass is 202 g/mol. The maximum atomic E-state index is 11.1. The average Bonchev–Trinajstić information content (AvgIpc) is 2.51. The maximum absolute atomic E-state index is 11.1. The first-order valence-electron chi connectivity index (χ1n) is 4.09. The van der Waals surface area contributed by atoms with Gasteiger partial charge in [-0.2, -0.15) is 5.26 Å². The third-order valence-electron chi connectivity index (χ3n) is 2.52. The first-order valence-corrected chi connectivity index (χ1v) is 5.74. The van der Waals surface area contributed by atoms with Gasteiger partial charge in [0.1, 0.15) is 0 Å². The Labute approximate surface area is 76.7 Å². The molecule has 1 saturated carbocycles. The third-order valence-corrected chi connectivity index (χ3v) is 3.66. The Morgan fingerprint density at radius 3 is 2.62 bits per heavy atom. The minimum Gasteiger partial charge on any atom is -0.381 e. The molecule has 2 fully saturated rings. The Morgan fingerprint density at radius 1 is 1.46 bits per heavy atom. The average molecular weight is 202 g/mol. The molecule has 13 heavy (non-hydrogen) atoms. The number of sulfonamides is 1. The minimum absolute atomic E-state index is 0.0205. The van der Waals surface area contributed by atoms with Crippen molar-refractivity contribution < 1.29 is 13.2 Å². The molecule has 1 unspecified atom stereocenters. The molecular formula is C7H10N2O3S. The van der Waals surface area contributed by atoms with E-state index in [0.717, 1.165) is 0 Å². The van der Waals surface area contributed by atoms with Crippen molar-refractivity contribution >= 4 is 10.0 Å². The molecule has 0 bridgehead atoms. The number of hydrogen-bond acceptors (Lipinski definition) is 4. The van der Waals surface area contributed by atoms with E-state index in [-0.39, 0.29) is 6.04 Å². The third kappa shape index (κ3) is 1.68. The molecule has 1 N–H and O–H groups in total. The van der Waals surface area contributed by atoms with Gasteiger partial charge in [-0.1, -0.05) is 0 Å². The van der Waals surface area contributed by atoms with Gasteiger partial charge in [0, 0.05) is 17.9 Å². The van der Waals surface area contributed by atoms with E-state index in [1.165, 1.54) is 0 Å². The molecule has 5 nitrogen and oxygen atoms in total. The highest BCUT2D eigenvalue weighted by Crippen LogP contribution is 2.44. The van der Waals surface area contributed by atoms with Crippen LogP contribution < -0.4 is 4.72 Å². The number of nitrogens with zero attached hydrogens (tertiary/aromatic N) is 1. The summed E-state index contributed by atoms with van der Waals surface area (Å²) in [6.07, 6.45) is 0. The number of nitriles is 1. The minimum atomic E-state index is -3.38. The molecule has 0 amide bonds. The Bertz CT molecular complexity index is 335. The standard InChI is InChI=1S/C7H10N2O3S/c8-1-2-13(10,11)9-7-5-3-12-4-6(5)7/h5-7,9H,2-4H2/t5-,6+,7?. The first-order chi connectivity index (χ1) is 6.14. The fraction of sp³-hybridized carbons (Fsp3) is 0.857. The molecule has 2 rings (SSSR count). The molecule has 0 radical (unpaired) electrons. The van der Waals surface area contributed by atoms with E-state index in [0.29, 0.717) is 25.0 Å².